The van der Waals surface area contributed by atoms with Gasteiger partial charge in [-0.2, -0.15) is 9.29 Å². The topological polar surface area (TPSA) is 90.3 Å². The lowest BCUT2D eigenvalue weighted by Crippen LogP contribution is -2.40. The van der Waals surface area contributed by atoms with Crippen molar-refractivity contribution in [2.45, 2.75) is 4.90 Å². The standard InChI is InChI=1S/C16H21N5O3S/c1-20(2)15-6-7-17-16(19-15)18-13-4-3-5-14(12-13)25(22,23)21-8-10-24-11-9-21/h3-7,12H,8-11H2,1-2H3,(H,17,18,19)/q+1. The van der Waals surface area contributed by atoms with Crippen molar-refractivity contribution in [1.29, 1.82) is 0 Å². The lowest BCUT2D eigenvalue weighted by molar-refractivity contribution is 0.0730. The number of hydrogen-bond acceptors (Lipinski definition) is 7. The maximum Gasteiger partial charge on any atom is 0.280 e. The molecule has 3 rings (SSSR count). The number of aromatic nitrogens is 2. The maximum absolute atomic E-state index is 12.7. The molecule has 1 N–H and O–H groups in total. The third kappa shape index (κ3) is 4.13. The van der Waals surface area contributed by atoms with Crippen LogP contribution in [0.3, 0.4) is 0 Å². The van der Waals surface area contributed by atoms with Crippen molar-refractivity contribution >= 4 is 27.5 Å². The van der Waals surface area contributed by atoms with Gasteiger partial charge < -0.3 is 10.1 Å². The third-order valence-corrected chi connectivity index (χ3v) is 5.69. The second kappa shape index (κ2) is 7.44. The number of nitrogens with one attached hydrogen (secondary N) is 1. The summed E-state index contributed by atoms with van der Waals surface area (Å²) in [6, 6.07) is 8.46. The molecule has 25 heavy (non-hydrogen) atoms. The summed E-state index contributed by atoms with van der Waals surface area (Å²) in [5.74, 6) is 1.17. The first-order valence-electron chi connectivity index (χ1n) is 7.92. The molecular weight excluding hydrogens is 342 g/mol. The summed E-state index contributed by atoms with van der Waals surface area (Å²) in [5, 5.41) is 3.06. The minimum atomic E-state index is -3.53. The van der Waals surface area contributed by atoms with E-state index in [-0.39, 0.29) is 4.90 Å². The highest BCUT2D eigenvalue weighted by molar-refractivity contribution is 7.89. The van der Waals surface area contributed by atoms with Crippen LogP contribution in [0.1, 0.15) is 0 Å². The normalized spacial score (nSPS) is 16.1. The largest absolute Gasteiger partial charge is 0.379 e. The van der Waals surface area contributed by atoms with Crippen LogP contribution in [-0.2, 0) is 14.8 Å². The molecule has 9 heteroatoms. The second-order valence-electron chi connectivity index (χ2n) is 5.80. The van der Waals surface area contributed by atoms with E-state index in [9.17, 15) is 8.42 Å². The first-order valence-corrected chi connectivity index (χ1v) is 9.36. The lowest BCUT2D eigenvalue weighted by Gasteiger charge is -2.26. The molecule has 1 radical (unpaired) electrons. The van der Waals surface area contributed by atoms with E-state index in [0.29, 0.717) is 37.9 Å². The Morgan fingerprint density at radius 1 is 1.20 bits per heavy atom. The van der Waals surface area contributed by atoms with Gasteiger partial charge in [-0.1, -0.05) is 6.07 Å². The average Bonchev–Trinajstić information content (AvgIpc) is 2.63. The molecule has 1 saturated heterocycles. The highest BCUT2D eigenvalue weighted by Gasteiger charge is 2.26. The Labute approximate surface area is 147 Å². The van der Waals surface area contributed by atoms with Crippen LogP contribution in [0.2, 0.25) is 0 Å². The van der Waals surface area contributed by atoms with Gasteiger partial charge in [-0.05, 0) is 18.2 Å². The smallest absolute Gasteiger partial charge is 0.280 e. The fourth-order valence-corrected chi connectivity index (χ4v) is 3.91. The molecule has 133 valence electrons. The molecule has 0 atom stereocenters. The summed E-state index contributed by atoms with van der Waals surface area (Å²) in [4.78, 5) is 10.7. The molecule has 1 aromatic heterocycles. The first-order chi connectivity index (χ1) is 12.0. The van der Waals surface area contributed by atoms with Gasteiger partial charge in [0.05, 0.1) is 18.1 Å². The van der Waals surface area contributed by atoms with Gasteiger partial charge in [0.2, 0.25) is 16.0 Å². The molecule has 8 nitrogen and oxygen atoms in total. The zero-order valence-corrected chi connectivity index (χ0v) is 15.0. The Bertz CT molecular complexity index is 835. The highest BCUT2D eigenvalue weighted by atomic mass is 32.2. The van der Waals surface area contributed by atoms with E-state index in [1.165, 1.54) is 4.31 Å². The SMILES string of the molecule is C[N+](C)c1ccnc(Nc2cccc(S(=O)(=O)N3CCOCC3)c2)n1. The molecule has 0 amide bonds. The van der Waals surface area contributed by atoms with Gasteiger partial charge in [-0.25, -0.2) is 13.4 Å². The zero-order chi connectivity index (χ0) is 17.9. The molecule has 2 aromatic rings. The van der Waals surface area contributed by atoms with Crippen molar-refractivity contribution in [2.75, 3.05) is 45.7 Å². The van der Waals surface area contributed by atoms with E-state index in [0.717, 1.165) is 5.82 Å². The van der Waals surface area contributed by atoms with Crippen molar-refractivity contribution in [2.24, 2.45) is 0 Å². The molecule has 1 aromatic carbocycles. The molecule has 0 bridgehead atoms. The number of rotatable bonds is 5. The summed E-state index contributed by atoms with van der Waals surface area (Å²) in [6.07, 6.45) is 1.65. The van der Waals surface area contributed by atoms with Crippen LogP contribution in [0.4, 0.5) is 17.5 Å². The summed E-state index contributed by atoms with van der Waals surface area (Å²) in [5.41, 5.74) is 0.616. The Balaban J connectivity index is 1.83. The quantitative estimate of drug-likeness (QED) is 0.805. The molecule has 0 saturated carbocycles. The van der Waals surface area contributed by atoms with Gasteiger partial charge in [-0.3, -0.25) is 0 Å². The minimum Gasteiger partial charge on any atom is -0.379 e. The maximum atomic E-state index is 12.7. The number of hydrogen-bond donors (Lipinski definition) is 1. The molecule has 1 aliphatic rings. The van der Waals surface area contributed by atoms with Gasteiger partial charge in [0, 0.05) is 31.0 Å². The van der Waals surface area contributed by atoms with Crippen molar-refractivity contribution in [3.05, 3.63) is 36.5 Å². The van der Waals surface area contributed by atoms with E-state index < -0.39 is 10.0 Å². The Morgan fingerprint density at radius 2 is 1.96 bits per heavy atom. The van der Waals surface area contributed by atoms with Crippen LogP contribution < -0.4 is 10.2 Å². The number of sulfonamides is 1. The van der Waals surface area contributed by atoms with Crippen LogP contribution in [0.15, 0.2) is 41.4 Å². The molecule has 0 aliphatic carbocycles. The molecular formula is C16H21N5O3S+. The second-order valence-corrected chi connectivity index (χ2v) is 7.74. The first kappa shape index (κ1) is 17.7. The highest BCUT2D eigenvalue weighted by Crippen LogP contribution is 2.22. The van der Waals surface area contributed by atoms with Crippen LogP contribution in [-0.4, -0.2) is 63.1 Å². The number of nitrogens with zero attached hydrogens (tertiary/aromatic N) is 4. The fourth-order valence-electron chi connectivity index (χ4n) is 2.46. The molecule has 1 aliphatic heterocycles. The van der Waals surface area contributed by atoms with E-state index in [4.69, 9.17) is 4.74 Å². The Hall–Kier alpha value is -2.07. The number of anilines is 3. The van der Waals surface area contributed by atoms with Gasteiger partial charge in [0.25, 0.3) is 5.82 Å². The molecule has 2 heterocycles. The fraction of sp³-hybridized carbons (Fsp3) is 0.375. The van der Waals surface area contributed by atoms with E-state index in [2.05, 4.69) is 15.3 Å². The Morgan fingerprint density at radius 3 is 2.68 bits per heavy atom. The van der Waals surface area contributed by atoms with E-state index in [1.807, 2.05) is 19.0 Å². The third-order valence-electron chi connectivity index (χ3n) is 3.80. The van der Waals surface area contributed by atoms with E-state index in [1.54, 1.807) is 36.5 Å². The van der Waals surface area contributed by atoms with Gasteiger partial charge in [-0.15, -0.1) is 4.90 Å². The van der Waals surface area contributed by atoms with E-state index >= 15 is 0 Å². The van der Waals surface area contributed by atoms with Crippen molar-refractivity contribution < 1.29 is 13.2 Å². The van der Waals surface area contributed by atoms with Crippen molar-refractivity contribution in [3.8, 4) is 0 Å². The van der Waals surface area contributed by atoms with Gasteiger partial charge >= 0.3 is 0 Å². The minimum absolute atomic E-state index is 0.239. The van der Waals surface area contributed by atoms with Gasteiger partial charge in [0.1, 0.15) is 14.1 Å². The number of morpholine rings is 1. The lowest BCUT2D eigenvalue weighted by atomic mass is 10.3. The number of ether oxygens (including phenoxy) is 1. The van der Waals surface area contributed by atoms with Crippen molar-refractivity contribution in [3.63, 3.8) is 0 Å². The monoisotopic (exact) mass is 363 g/mol. The summed E-state index contributed by atoms with van der Waals surface area (Å²) < 4.78 is 32.1. The number of benzene rings is 1. The van der Waals surface area contributed by atoms with Crippen LogP contribution >= 0.6 is 0 Å². The van der Waals surface area contributed by atoms with Crippen LogP contribution in [0.25, 0.3) is 0 Å². The van der Waals surface area contributed by atoms with Crippen LogP contribution in [0.5, 0.6) is 0 Å². The predicted molar refractivity (Wildman–Crippen MR) is 95.0 cm³/mol. The summed E-state index contributed by atoms with van der Waals surface area (Å²) in [7, 11) is 0.247. The predicted octanol–water partition coefficient (Wildman–Crippen LogP) is 1.27. The average molecular weight is 363 g/mol. The zero-order valence-electron chi connectivity index (χ0n) is 14.2. The summed E-state index contributed by atoms with van der Waals surface area (Å²) in [6.45, 7) is 1.58. The Kier molecular flexibility index (Phi) is 5.28. The van der Waals surface area contributed by atoms with Gasteiger partial charge in [0.15, 0.2) is 0 Å². The van der Waals surface area contributed by atoms with Crippen LogP contribution in [0, 0.1) is 0 Å². The summed E-state index contributed by atoms with van der Waals surface area (Å²) >= 11 is 0. The molecule has 0 spiro atoms. The molecule has 1 fully saturated rings. The van der Waals surface area contributed by atoms with Crippen molar-refractivity contribution in [1.82, 2.24) is 19.2 Å². The molecule has 0 unspecified atom stereocenters.